The first-order valence-corrected chi connectivity index (χ1v) is 14.2. The zero-order valence-corrected chi connectivity index (χ0v) is 23.0. The molecule has 8 atom stereocenters. The first-order valence-electron chi connectivity index (χ1n) is 14.2. The number of nitrogens with zero attached hydrogens (tertiary/aromatic N) is 2. The fourth-order valence-electron chi connectivity index (χ4n) is 9.69. The maximum atomic E-state index is 13.5. The minimum Gasteiger partial charge on any atom is -0.393 e. The van der Waals surface area contributed by atoms with E-state index in [1.54, 1.807) is 12.1 Å². The molecule has 2 N–H and O–H groups in total. The normalized spacial score (nSPS) is 41.6. The highest BCUT2D eigenvalue weighted by Gasteiger charge is 2.76. The van der Waals surface area contributed by atoms with Crippen LogP contribution in [-0.2, 0) is 20.7 Å². The van der Waals surface area contributed by atoms with Crippen LogP contribution in [0.25, 0.3) is 11.8 Å². The number of ether oxygens (including phenoxy) is 2. The molecule has 1 aromatic heterocycles. The number of ketones is 1. The third-order valence-electron chi connectivity index (χ3n) is 11.0. The van der Waals surface area contributed by atoms with Crippen LogP contribution in [0.1, 0.15) is 64.6 Å². The van der Waals surface area contributed by atoms with Gasteiger partial charge < -0.3 is 19.7 Å². The third-order valence-corrected chi connectivity index (χ3v) is 11.0. The molecule has 0 spiro atoms. The van der Waals surface area contributed by atoms with Gasteiger partial charge in [-0.05, 0) is 105 Å². The number of fused-ring (bicyclic) bond motifs is 8. The number of benzene rings is 1. The molecule has 1 saturated heterocycles. The second-order valence-electron chi connectivity index (χ2n) is 13.4. The number of rotatable bonds is 3. The van der Waals surface area contributed by atoms with E-state index in [1.807, 2.05) is 24.7 Å². The Morgan fingerprint density at radius 1 is 1.21 bits per heavy atom. The summed E-state index contributed by atoms with van der Waals surface area (Å²) in [6, 6.07) is 6.38. The average Bonchev–Trinajstić information content (AvgIpc) is 3.48. The lowest BCUT2D eigenvalue weighted by Gasteiger charge is -2.60. The average molecular weight is 537 g/mol. The lowest BCUT2D eigenvalue weighted by molar-refractivity contribution is -0.226. The number of aliphatic hydroxyl groups excluding tert-OH is 2. The highest BCUT2D eigenvalue weighted by molar-refractivity contribution is 5.91. The Hall–Kier alpha value is -2.39. The summed E-state index contributed by atoms with van der Waals surface area (Å²) < 4.78 is 28.2. The quantitative estimate of drug-likeness (QED) is 0.610. The molecule has 0 unspecified atom stereocenters. The monoisotopic (exact) mass is 536 g/mol. The second-order valence-corrected chi connectivity index (χ2v) is 13.4. The maximum absolute atomic E-state index is 13.5. The number of allylic oxidation sites excluding steroid dienone is 1. The zero-order valence-electron chi connectivity index (χ0n) is 23.0. The van der Waals surface area contributed by atoms with Gasteiger partial charge in [0, 0.05) is 5.41 Å². The summed E-state index contributed by atoms with van der Waals surface area (Å²) >= 11 is 0. The number of hydrogen-bond donors (Lipinski definition) is 2. The van der Waals surface area contributed by atoms with E-state index < -0.39 is 35.6 Å². The van der Waals surface area contributed by atoms with E-state index in [4.69, 9.17) is 9.47 Å². The predicted molar refractivity (Wildman–Crippen MR) is 141 cm³/mol. The molecule has 39 heavy (non-hydrogen) atoms. The van der Waals surface area contributed by atoms with Crippen molar-refractivity contribution in [2.45, 2.75) is 83.4 Å². The summed E-state index contributed by atoms with van der Waals surface area (Å²) in [4.78, 5) is 13.4. The molecule has 0 radical (unpaired) electrons. The van der Waals surface area contributed by atoms with E-state index in [0.717, 1.165) is 36.2 Å². The highest BCUT2D eigenvalue weighted by atomic mass is 19.1. The number of carbonyl (C=O) groups excluding carboxylic acids is 1. The van der Waals surface area contributed by atoms with E-state index in [2.05, 4.69) is 25.0 Å². The Morgan fingerprint density at radius 2 is 1.95 bits per heavy atom. The Kier molecular flexibility index (Phi) is 5.30. The van der Waals surface area contributed by atoms with Gasteiger partial charge in [-0.25, -0.2) is 9.07 Å². The molecule has 5 aliphatic rings. The van der Waals surface area contributed by atoms with Gasteiger partial charge in [-0.2, -0.15) is 5.10 Å². The standard InChI is InChI=1S/C31H37FN2O5/c1-28(2)38-26-12-22-21-10-5-18-11-23-17(15-33-34(23)20-8-6-19(32)7-9-20)13-29(18,3)27(21)24(36)14-30(22,4)31(26,39-28)25(37)16-35/h6-9,11,15,21-22,24,26-27,35-36H,5,10,12-14,16H2,1-4H3/t21-,22-,24-,26+,27+,29-,30-,31+/m0/s1. The van der Waals surface area contributed by atoms with Crippen molar-refractivity contribution in [1.29, 1.82) is 0 Å². The lowest BCUT2D eigenvalue weighted by Crippen LogP contribution is -2.64. The van der Waals surface area contributed by atoms with Gasteiger partial charge in [-0.3, -0.25) is 4.79 Å². The number of aromatic nitrogens is 2. The van der Waals surface area contributed by atoms with E-state index in [-0.39, 0.29) is 34.8 Å². The molecule has 4 fully saturated rings. The number of carbonyl (C=O) groups is 1. The molecule has 7 rings (SSSR count). The van der Waals surface area contributed by atoms with Crippen LogP contribution in [0, 0.1) is 34.4 Å². The number of aliphatic hydroxyl groups is 2. The van der Waals surface area contributed by atoms with Gasteiger partial charge in [0.25, 0.3) is 0 Å². The molecule has 1 aromatic carbocycles. The number of Topliss-reactive ketones (excluding diaryl/α,β-unsaturated/α-hetero) is 1. The molecular weight excluding hydrogens is 499 g/mol. The van der Waals surface area contributed by atoms with Crippen LogP contribution in [0.2, 0.25) is 0 Å². The summed E-state index contributed by atoms with van der Waals surface area (Å²) in [6.45, 7) is 7.40. The van der Waals surface area contributed by atoms with Gasteiger partial charge in [0.05, 0.1) is 29.8 Å². The smallest absolute Gasteiger partial charge is 0.193 e. The second kappa shape index (κ2) is 8.09. The first-order chi connectivity index (χ1) is 18.4. The van der Waals surface area contributed by atoms with Crippen LogP contribution in [0.5, 0.6) is 0 Å². The van der Waals surface area contributed by atoms with Crippen LogP contribution in [0.4, 0.5) is 4.39 Å². The van der Waals surface area contributed by atoms with Crippen molar-refractivity contribution in [2.24, 2.45) is 28.6 Å². The molecular formula is C31H37FN2O5. The minimum atomic E-state index is -1.26. The summed E-state index contributed by atoms with van der Waals surface area (Å²) in [7, 11) is 0. The molecule has 4 aliphatic carbocycles. The number of halogens is 1. The van der Waals surface area contributed by atoms with Gasteiger partial charge in [-0.1, -0.05) is 19.4 Å². The van der Waals surface area contributed by atoms with Gasteiger partial charge >= 0.3 is 0 Å². The van der Waals surface area contributed by atoms with Gasteiger partial charge in [0.1, 0.15) is 12.4 Å². The molecule has 0 amide bonds. The van der Waals surface area contributed by atoms with Crippen molar-refractivity contribution in [1.82, 2.24) is 9.78 Å². The molecule has 1 aliphatic heterocycles. The van der Waals surface area contributed by atoms with Gasteiger partial charge in [0.15, 0.2) is 17.2 Å². The SMILES string of the molecule is CC1(C)O[C@@H]2C[C@H]3[C@@H]4CCC5=Cc6c(cnn6-c6ccc(F)cc6)C[C@]5(C)[C@H]4[C@@H](O)C[C@]3(C)[C@]2(C(=O)CO)O1. The fourth-order valence-corrected chi connectivity index (χ4v) is 9.69. The van der Waals surface area contributed by atoms with E-state index in [9.17, 15) is 19.4 Å². The summed E-state index contributed by atoms with van der Waals surface area (Å²) in [5.74, 6) is -1.20. The van der Waals surface area contributed by atoms with E-state index in [1.165, 1.54) is 17.7 Å². The third kappa shape index (κ3) is 3.23. The summed E-state index contributed by atoms with van der Waals surface area (Å²) in [6.07, 6.45) is 6.74. The lowest BCUT2D eigenvalue weighted by atomic mass is 9.45. The molecule has 7 nitrogen and oxygen atoms in total. The molecule has 3 saturated carbocycles. The van der Waals surface area contributed by atoms with Crippen LogP contribution < -0.4 is 0 Å². The van der Waals surface area contributed by atoms with Crippen molar-refractivity contribution >= 4 is 11.9 Å². The first kappa shape index (κ1) is 25.6. The minimum absolute atomic E-state index is 0.0195. The van der Waals surface area contributed by atoms with Gasteiger partial charge in [0.2, 0.25) is 0 Å². The molecule has 0 bridgehead atoms. The van der Waals surface area contributed by atoms with Crippen molar-refractivity contribution in [3.8, 4) is 5.69 Å². The van der Waals surface area contributed by atoms with Crippen LogP contribution in [0.15, 0.2) is 36.0 Å². The highest BCUT2D eigenvalue weighted by Crippen LogP contribution is 2.70. The van der Waals surface area contributed by atoms with Crippen LogP contribution in [-0.4, -0.2) is 56.0 Å². The predicted octanol–water partition coefficient (Wildman–Crippen LogP) is 4.23. The Labute approximate surface area is 228 Å². The molecule has 8 heteroatoms. The van der Waals surface area contributed by atoms with Crippen molar-refractivity contribution < 1.29 is 28.9 Å². The summed E-state index contributed by atoms with van der Waals surface area (Å²) in [5.41, 5.74) is 2.13. The van der Waals surface area contributed by atoms with E-state index >= 15 is 0 Å². The topological polar surface area (TPSA) is 93.8 Å². The largest absolute Gasteiger partial charge is 0.393 e. The van der Waals surface area contributed by atoms with Crippen LogP contribution >= 0.6 is 0 Å². The van der Waals surface area contributed by atoms with Crippen molar-refractivity contribution in [3.05, 3.63) is 53.1 Å². The zero-order chi connectivity index (χ0) is 27.5. The maximum Gasteiger partial charge on any atom is 0.193 e. The fraction of sp³-hybridized carbons (Fsp3) is 0.613. The Balaban J connectivity index is 1.26. The Morgan fingerprint density at radius 3 is 2.67 bits per heavy atom. The summed E-state index contributed by atoms with van der Waals surface area (Å²) in [5, 5.41) is 26.6. The molecule has 2 heterocycles. The van der Waals surface area contributed by atoms with Crippen molar-refractivity contribution in [2.75, 3.05) is 6.61 Å². The molecule has 2 aromatic rings. The molecule has 208 valence electrons. The van der Waals surface area contributed by atoms with Crippen LogP contribution in [0.3, 0.4) is 0 Å². The van der Waals surface area contributed by atoms with Gasteiger partial charge in [-0.15, -0.1) is 0 Å². The Bertz CT molecular complexity index is 1380. The van der Waals surface area contributed by atoms with E-state index in [0.29, 0.717) is 12.8 Å². The van der Waals surface area contributed by atoms with Crippen molar-refractivity contribution in [3.63, 3.8) is 0 Å². The number of hydrogen-bond acceptors (Lipinski definition) is 6.